The van der Waals surface area contributed by atoms with E-state index in [-0.39, 0.29) is 57.2 Å². The van der Waals surface area contributed by atoms with Crippen molar-refractivity contribution in [3.05, 3.63) is 35.9 Å². The molecule has 0 unspecified atom stereocenters. The molecule has 0 spiro atoms. The number of nitrogens with one attached hydrogen (secondary N) is 14. The van der Waals surface area contributed by atoms with Gasteiger partial charge < -0.3 is 90.2 Å². The summed E-state index contributed by atoms with van der Waals surface area (Å²) in [6, 6.07) is 2.02. The van der Waals surface area contributed by atoms with Crippen molar-refractivity contribution in [3.63, 3.8) is 0 Å². The number of hydrogen-bond donors (Lipinski definition) is 16. The van der Waals surface area contributed by atoms with Gasteiger partial charge in [-0.3, -0.25) is 81.5 Å². The minimum Gasteiger partial charge on any atom is -0.480 e. The molecule has 480 valence electrons. The van der Waals surface area contributed by atoms with E-state index in [1.54, 1.807) is 58.0 Å². The molecular formula is C53H80N16O18. The van der Waals surface area contributed by atoms with Crippen molar-refractivity contribution in [2.75, 3.05) is 72.0 Å². The Morgan fingerprint density at radius 2 is 1.10 bits per heavy atom. The Kier molecular flexibility index (Phi) is 32.8. The zero-order valence-corrected chi connectivity index (χ0v) is 49.1. The van der Waals surface area contributed by atoms with Crippen molar-refractivity contribution < 1.29 is 86.6 Å². The third kappa shape index (κ3) is 32.2. The van der Waals surface area contributed by atoms with Crippen LogP contribution in [0.1, 0.15) is 78.7 Å². The van der Waals surface area contributed by atoms with Gasteiger partial charge in [0.15, 0.2) is 0 Å². The highest BCUT2D eigenvalue weighted by Gasteiger charge is 2.30. The van der Waals surface area contributed by atoms with Crippen LogP contribution >= 0.6 is 0 Å². The Balaban J connectivity index is 2.15. The van der Waals surface area contributed by atoms with Gasteiger partial charge in [0.2, 0.25) is 94.5 Å². The fourth-order valence-corrected chi connectivity index (χ4v) is 7.81. The van der Waals surface area contributed by atoms with Gasteiger partial charge in [-0.25, -0.2) is 0 Å². The zero-order valence-electron chi connectivity index (χ0n) is 49.1. The topological polar surface area (TPSA) is 508 Å². The minimum absolute atomic E-state index is 0.000441. The van der Waals surface area contributed by atoms with Crippen molar-refractivity contribution in [2.24, 2.45) is 17.6 Å². The number of hydrogen-bond acceptors (Lipinski definition) is 17. The summed E-state index contributed by atoms with van der Waals surface area (Å²) in [4.78, 5) is 218. The fraction of sp³-hybridized carbons (Fsp3) is 0.566. The van der Waals surface area contributed by atoms with Crippen LogP contribution in [0.4, 0.5) is 0 Å². The molecule has 1 saturated heterocycles. The Morgan fingerprint density at radius 1 is 0.552 bits per heavy atom. The van der Waals surface area contributed by atoms with Crippen LogP contribution in [-0.4, -0.2) is 213 Å². The van der Waals surface area contributed by atoms with Crippen molar-refractivity contribution in [1.82, 2.24) is 79.3 Å². The minimum atomic E-state index is -1.74. The molecule has 34 heteroatoms. The molecule has 87 heavy (non-hydrogen) atoms. The number of amides is 16. The summed E-state index contributed by atoms with van der Waals surface area (Å²) in [5.41, 5.74) is 5.93. The molecule has 0 radical (unpaired) electrons. The standard InChI is InChI=1S/C53H80N16O18/c1-29(2)17-33(51(85)63-26-48(81)82)68-53(87)34(18-30(3)4)66-43(76)24-58-41(74)22-62-52(86)36(20-37(54)70)67-44(77)25-60-46(79)28-69-27-45(78)59-23-42(75)64-31(5)49(83)61-21-40(73)56-16-15-55-38(71)13-14-57-50(84)35(19-32-9-7-6-8-10-32)65-39(72)11-12-47(69)80/h6-10,29-31,33-36H,11-28H2,1-5H3,(H2,54,70)(H,55,71)(H,56,73)(H,57,84)(H,58,74)(H,59,78)(H,60,79)(H,61,83)(H,62,86)(H,63,85)(H,64,75)(H,65,72)(H,66,76)(H,67,77)(H,68,87)(H,81,82)/t31-,33-,34-,35-,36-/m0/s1. The predicted octanol–water partition coefficient (Wildman–Crippen LogP) is -8.22. The number of primary amides is 1. The third-order valence-electron chi connectivity index (χ3n) is 12.1. The summed E-state index contributed by atoms with van der Waals surface area (Å²) in [6.45, 7) is 1.89. The lowest BCUT2D eigenvalue weighted by molar-refractivity contribution is -0.140. The van der Waals surface area contributed by atoms with Crippen molar-refractivity contribution in [2.45, 2.75) is 110 Å². The number of rotatable bonds is 24. The van der Waals surface area contributed by atoms with Gasteiger partial charge in [0.1, 0.15) is 49.8 Å². The van der Waals surface area contributed by atoms with E-state index in [0.29, 0.717) is 10.5 Å². The van der Waals surface area contributed by atoms with Crippen LogP contribution in [0, 0.1) is 11.8 Å². The fourth-order valence-electron chi connectivity index (χ4n) is 7.81. The lowest BCUT2D eigenvalue weighted by Gasteiger charge is -2.25. The van der Waals surface area contributed by atoms with Gasteiger partial charge in [-0.15, -0.1) is 0 Å². The summed E-state index contributed by atoms with van der Waals surface area (Å²) in [5, 5.41) is 41.9. The van der Waals surface area contributed by atoms with E-state index in [9.17, 15) is 81.5 Å². The van der Waals surface area contributed by atoms with Gasteiger partial charge in [-0.2, -0.15) is 0 Å². The number of carbonyl (C=O) groups is 17. The van der Waals surface area contributed by atoms with Gasteiger partial charge in [-0.1, -0.05) is 58.0 Å². The lowest BCUT2D eigenvalue weighted by Crippen LogP contribution is -2.56. The Bertz CT molecular complexity index is 2660. The molecule has 1 heterocycles. The number of nitrogens with zero attached hydrogens (tertiary/aromatic N) is 1. The molecule has 0 saturated carbocycles. The van der Waals surface area contributed by atoms with Crippen LogP contribution in [0.25, 0.3) is 0 Å². The van der Waals surface area contributed by atoms with Gasteiger partial charge in [-0.05, 0) is 37.2 Å². The second-order valence-corrected chi connectivity index (χ2v) is 20.7. The van der Waals surface area contributed by atoms with E-state index in [4.69, 9.17) is 10.8 Å². The first-order chi connectivity index (χ1) is 41.0. The molecule has 0 bridgehead atoms. The van der Waals surface area contributed by atoms with Crippen LogP contribution < -0.4 is 80.2 Å². The first kappa shape index (κ1) is 73.3. The summed E-state index contributed by atoms with van der Waals surface area (Å²) < 4.78 is 0. The quantitative estimate of drug-likeness (QED) is 0.0457. The van der Waals surface area contributed by atoms with Crippen LogP contribution in [0.3, 0.4) is 0 Å². The predicted molar refractivity (Wildman–Crippen MR) is 303 cm³/mol. The molecule has 1 aromatic carbocycles. The SMILES string of the molecule is CC(C)C[C@H](NC(=O)CNC(=O)CNC(=O)[C@H](CC(N)=O)NC(=O)CNC(=O)CN1CC(=O)NCC(=O)N[C@@H](C)C(=O)NCC(=O)NCCNC(=O)CCNC(=O)[C@H](Cc2ccccc2)NC(=O)CCC1=O)C(=O)N[C@@H](CC(C)C)C(=O)NCC(=O)O. The molecule has 17 N–H and O–H groups in total. The smallest absolute Gasteiger partial charge is 0.322 e. The summed E-state index contributed by atoms with van der Waals surface area (Å²) in [5.74, 6) is -15.6. The summed E-state index contributed by atoms with van der Waals surface area (Å²) in [7, 11) is 0. The Hall–Kier alpha value is -9.79. The number of carboxylic acids is 1. The number of carboxylic acid groups (broad SMARTS) is 1. The average Bonchev–Trinajstić information content (AvgIpc) is 3.65. The second-order valence-electron chi connectivity index (χ2n) is 20.7. The molecule has 1 aromatic rings. The van der Waals surface area contributed by atoms with E-state index in [2.05, 4.69) is 74.4 Å². The molecule has 0 aliphatic carbocycles. The average molecular weight is 1230 g/mol. The molecule has 1 aliphatic heterocycles. The molecule has 1 aliphatic rings. The van der Waals surface area contributed by atoms with Crippen molar-refractivity contribution >= 4 is 100 Å². The van der Waals surface area contributed by atoms with E-state index in [1.165, 1.54) is 6.92 Å². The van der Waals surface area contributed by atoms with Crippen molar-refractivity contribution in [3.8, 4) is 0 Å². The van der Waals surface area contributed by atoms with Gasteiger partial charge in [0.25, 0.3) is 0 Å². The maximum Gasteiger partial charge on any atom is 0.322 e. The number of benzene rings is 1. The molecule has 16 amide bonds. The van der Waals surface area contributed by atoms with Gasteiger partial charge in [0, 0.05) is 45.3 Å². The second kappa shape index (κ2) is 38.9. The zero-order chi connectivity index (χ0) is 65.2. The number of carbonyl (C=O) groups excluding carboxylic acids is 16. The van der Waals surface area contributed by atoms with Crippen LogP contribution in [0.5, 0.6) is 0 Å². The highest BCUT2D eigenvalue weighted by molar-refractivity contribution is 5.98. The number of aliphatic carboxylic acids is 1. The largest absolute Gasteiger partial charge is 0.480 e. The molecule has 5 atom stereocenters. The normalized spacial score (nSPS) is 17.5. The van der Waals surface area contributed by atoms with E-state index in [1.807, 2.05) is 0 Å². The highest BCUT2D eigenvalue weighted by atomic mass is 16.4. The summed E-state index contributed by atoms with van der Waals surface area (Å²) in [6.07, 6.45) is -2.06. The maximum atomic E-state index is 13.7. The first-order valence-corrected chi connectivity index (χ1v) is 27.8. The third-order valence-corrected chi connectivity index (χ3v) is 12.1. The van der Waals surface area contributed by atoms with Crippen LogP contribution in [0.15, 0.2) is 30.3 Å². The Labute approximate surface area is 500 Å². The highest BCUT2D eigenvalue weighted by Crippen LogP contribution is 2.10. The molecular weight excluding hydrogens is 1150 g/mol. The molecule has 1 fully saturated rings. The lowest BCUT2D eigenvalue weighted by atomic mass is 10.00. The Morgan fingerprint density at radius 3 is 1.71 bits per heavy atom. The molecule has 0 aromatic heterocycles. The van der Waals surface area contributed by atoms with E-state index in [0.717, 1.165) is 0 Å². The molecule has 2 rings (SSSR count). The van der Waals surface area contributed by atoms with Crippen molar-refractivity contribution in [1.29, 1.82) is 0 Å². The van der Waals surface area contributed by atoms with E-state index < -0.39 is 202 Å². The van der Waals surface area contributed by atoms with Gasteiger partial charge >= 0.3 is 5.97 Å². The summed E-state index contributed by atoms with van der Waals surface area (Å²) >= 11 is 0. The van der Waals surface area contributed by atoms with Gasteiger partial charge in [0.05, 0.1) is 39.1 Å². The maximum absolute atomic E-state index is 13.7. The van der Waals surface area contributed by atoms with Crippen LogP contribution in [-0.2, 0) is 87.9 Å². The number of nitrogens with two attached hydrogens (primary N) is 1. The van der Waals surface area contributed by atoms with Crippen LogP contribution in [0.2, 0.25) is 0 Å². The molecule has 34 nitrogen and oxygen atoms in total. The van der Waals surface area contributed by atoms with E-state index >= 15 is 0 Å². The monoisotopic (exact) mass is 1230 g/mol. The first-order valence-electron chi connectivity index (χ1n) is 27.8.